The van der Waals surface area contributed by atoms with Crippen LogP contribution in [0.2, 0.25) is 36.3 Å². The Kier molecular flexibility index (Phi) is 7.04. The fraction of sp³-hybridized carbons (Fsp3) is 0.824. The van der Waals surface area contributed by atoms with Gasteiger partial charge in [0.05, 0.1) is 6.10 Å². The van der Waals surface area contributed by atoms with Gasteiger partial charge in [-0.1, -0.05) is 47.6 Å². The van der Waals surface area contributed by atoms with Gasteiger partial charge in [0, 0.05) is 0 Å². The molecule has 0 fully saturated rings. The zero-order valence-electron chi connectivity index (χ0n) is 16.2. The van der Waals surface area contributed by atoms with Crippen molar-refractivity contribution in [1.82, 2.24) is 0 Å². The Morgan fingerprint density at radius 2 is 1.14 bits per heavy atom. The molecule has 0 aromatic heterocycles. The fourth-order valence-corrected chi connectivity index (χ4v) is 3.94. The van der Waals surface area contributed by atoms with Crippen LogP contribution in [-0.4, -0.2) is 35.1 Å². The molecular formula is C17H36O3Si2. The predicted octanol–water partition coefficient (Wildman–Crippen LogP) is 5.15. The van der Waals surface area contributed by atoms with E-state index < -0.39 is 22.7 Å². The highest BCUT2D eigenvalue weighted by molar-refractivity contribution is 6.74. The second-order valence-corrected chi connectivity index (χ2v) is 18.6. The molecule has 0 spiro atoms. The summed E-state index contributed by atoms with van der Waals surface area (Å²) in [7, 11) is -4.02. The van der Waals surface area contributed by atoms with Gasteiger partial charge in [0.2, 0.25) is 0 Å². The summed E-state index contributed by atoms with van der Waals surface area (Å²) < 4.78 is 12.6. The first kappa shape index (κ1) is 21.8. The number of hydrogen-bond donors (Lipinski definition) is 0. The molecule has 22 heavy (non-hydrogen) atoms. The highest BCUT2D eigenvalue weighted by atomic mass is 28.4. The Hall–Kier alpha value is -0.236. The van der Waals surface area contributed by atoms with Crippen molar-refractivity contribution in [2.45, 2.75) is 90.0 Å². The molecule has 0 radical (unpaired) electrons. The van der Waals surface area contributed by atoms with E-state index in [1.165, 1.54) is 0 Å². The van der Waals surface area contributed by atoms with Gasteiger partial charge in [-0.25, -0.2) is 0 Å². The third-order valence-corrected chi connectivity index (χ3v) is 14.1. The standard InChI is InChI=1S/C17H36O3Si2/c1-12-14(19-21(8,9)16(2,3)4)15(13-18)20-22(10,11)17(5,6)7/h12-15H,1H2,2-11H3/t14-,15+/m0/s1. The summed E-state index contributed by atoms with van der Waals surface area (Å²) in [5.74, 6) is 0. The van der Waals surface area contributed by atoms with Crippen LogP contribution in [0, 0.1) is 0 Å². The molecule has 0 unspecified atom stereocenters. The van der Waals surface area contributed by atoms with Gasteiger partial charge in [0.1, 0.15) is 6.10 Å². The Labute approximate surface area is 139 Å². The largest absolute Gasteiger partial charge is 0.407 e. The summed E-state index contributed by atoms with van der Waals surface area (Å²) in [4.78, 5) is 11.6. The van der Waals surface area contributed by atoms with Gasteiger partial charge in [-0.2, -0.15) is 0 Å². The average molecular weight is 345 g/mol. The molecule has 3 nitrogen and oxygen atoms in total. The van der Waals surface area contributed by atoms with Crippen molar-refractivity contribution < 1.29 is 13.6 Å². The van der Waals surface area contributed by atoms with Crippen molar-refractivity contribution in [1.29, 1.82) is 0 Å². The summed E-state index contributed by atoms with van der Waals surface area (Å²) in [6.45, 7) is 25.6. The van der Waals surface area contributed by atoms with Crippen LogP contribution >= 0.6 is 0 Å². The first-order valence-electron chi connectivity index (χ1n) is 8.02. The van der Waals surface area contributed by atoms with E-state index >= 15 is 0 Å². The Bertz CT molecular complexity index is 352. The predicted molar refractivity (Wildman–Crippen MR) is 100 cm³/mol. The van der Waals surface area contributed by atoms with Crippen LogP contribution in [0.5, 0.6) is 0 Å². The lowest BCUT2D eigenvalue weighted by molar-refractivity contribution is -0.117. The van der Waals surface area contributed by atoms with Crippen LogP contribution in [0.4, 0.5) is 0 Å². The molecule has 5 heteroatoms. The molecule has 0 N–H and O–H groups in total. The second-order valence-electron chi connectivity index (χ2n) is 9.06. The molecule has 0 saturated carbocycles. The zero-order valence-corrected chi connectivity index (χ0v) is 18.2. The third-order valence-electron chi connectivity index (χ3n) is 5.16. The van der Waals surface area contributed by atoms with Crippen molar-refractivity contribution >= 4 is 22.9 Å². The molecule has 0 saturated heterocycles. The summed E-state index contributed by atoms with van der Waals surface area (Å²) >= 11 is 0. The van der Waals surface area contributed by atoms with Crippen LogP contribution in [0.1, 0.15) is 41.5 Å². The molecule has 130 valence electrons. The third kappa shape index (κ3) is 5.44. The first-order valence-corrected chi connectivity index (χ1v) is 13.8. The van der Waals surface area contributed by atoms with Crippen molar-refractivity contribution in [3.8, 4) is 0 Å². The van der Waals surface area contributed by atoms with E-state index in [1.807, 2.05) is 0 Å². The maximum absolute atomic E-state index is 11.6. The van der Waals surface area contributed by atoms with Crippen molar-refractivity contribution in [3.63, 3.8) is 0 Å². The van der Waals surface area contributed by atoms with Gasteiger partial charge in [0.15, 0.2) is 22.9 Å². The van der Waals surface area contributed by atoms with Gasteiger partial charge >= 0.3 is 0 Å². The van der Waals surface area contributed by atoms with Crippen LogP contribution in [-0.2, 0) is 13.6 Å². The molecule has 0 amide bonds. The Balaban J connectivity index is 5.29. The number of rotatable bonds is 7. The summed E-state index contributed by atoms with van der Waals surface area (Å²) in [6, 6.07) is 0. The lowest BCUT2D eigenvalue weighted by Gasteiger charge is -2.43. The summed E-state index contributed by atoms with van der Waals surface area (Å²) in [6.07, 6.45) is 1.63. The van der Waals surface area contributed by atoms with Crippen LogP contribution in [0.15, 0.2) is 12.7 Å². The lowest BCUT2D eigenvalue weighted by Crippen LogP contribution is -2.51. The quantitative estimate of drug-likeness (QED) is 0.364. The summed E-state index contributed by atoms with van der Waals surface area (Å²) in [5.41, 5.74) is 0. The molecule has 0 aromatic rings. The minimum absolute atomic E-state index is 0.0525. The van der Waals surface area contributed by atoms with Gasteiger partial charge in [-0.05, 0) is 36.3 Å². The number of aldehydes is 1. The van der Waals surface area contributed by atoms with Crippen LogP contribution in [0.3, 0.4) is 0 Å². The van der Waals surface area contributed by atoms with Crippen molar-refractivity contribution in [3.05, 3.63) is 12.7 Å². The Morgan fingerprint density at radius 1 is 0.818 bits per heavy atom. The lowest BCUT2D eigenvalue weighted by atomic mass is 10.2. The molecule has 0 rings (SSSR count). The zero-order chi connectivity index (χ0) is 18.0. The average Bonchev–Trinajstić information content (AvgIpc) is 2.30. The van der Waals surface area contributed by atoms with Gasteiger partial charge in [-0.3, -0.25) is 0 Å². The number of hydrogen-bond acceptors (Lipinski definition) is 3. The Morgan fingerprint density at radius 3 is 1.36 bits per heavy atom. The smallest absolute Gasteiger partial charge is 0.193 e. The normalized spacial score (nSPS) is 17.0. The van der Waals surface area contributed by atoms with Gasteiger partial charge < -0.3 is 13.6 Å². The number of carbonyl (C=O) groups excluding carboxylic acids is 1. The SMILES string of the molecule is C=C[C@H](O[Si](C)(C)C(C)(C)C)[C@@H](C=O)O[Si](C)(C)C(C)(C)C. The van der Waals surface area contributed by atoms with Crippen LogP contribution < -0.4 is 0 Å². The van der Waals surface area contributed by atoms with Gasteiger partial charge in [0.25, 0.3) is 0 Å². The van der Waals surface area contributed by atoms with E-state index in [0.29, 0.717) is 0 Å². The van der Waals surface area contributed by atoms with Gasteiger partial charge in [-0.15, -0.1) is 6.58 Å². The van der Waals surface area contributed by atoms with E-state index in [0.717, 1.165) is 6.29 Å². The van der Waals surface area contributed by atoms with E-state index in [2.05, 4.69) is 74.3 Å². The molecule has 0 bridgehead atoms. The highest BCUT2D eigenvalue weighted by Crippen LogP contribution is 2.40. The fourth-order valence-electron chi connectivity index (χ4n) is 1.46. The maximum atomic E-state index is 11.6. The van der Waals surface area contributed by atoms with E-state index in [1.54, 1.807) is 6.08 Å². The molecule has 0 aliphatic carbocycles. The summed E-state index contributed by atoms with van der Waals surface area (Å²) in [5, 5.41) is 0.135. The van der Waals surface area contributed by atoms with Crippen molar-refractivity contribution in [2.24, 2.45) is 0 Å². The monoisotopic (exact) mass is 344 g/mol. The number of carbonyl (C=O) groups is 1. The molecule has 2 atom stereocenters. The molecule has 0 aliphatic rings. The molecule has 0 heterocycles. The first-order chi connectivity index (χ1) is 9.59. The minimum atomic E-state index is -2.03. The second kappa shape index (κ2) is 7.11. The minimum Gasteiger partial charge on any atom is -0.407 e. The van der Waals surface area contributed by atoms with E-state index in [4.69, 9.17) is 8.85 Å². The van der Waals surface area contributed by atoms with Crippen molar-refractivity contribution in [2.75, 3.05) is 0 Å². The maximum Gasteiger partial charge on any atom is 0.193 e. The molecular weight excluding hydrogens is 308 g/mol. The van der Waals surface area contributed by atoms with E-state index in [-0.39, 0.29) is 16.2 Å². The topological polar surface area (TPSA) is 35.5 Å². The van der Waals surface area contributed by atoms with Crippen LogP contribution in [0.25, 0.3) is 0 Å². The van der Waals surface area contributed by atoms with E-state index in [9.17, 15) is 4.79 Å². The molecule has 0 aromatic carbocycles. The molecule has 0 aliphatic heterocycles. The highest BCUT2D eigenvalue weighted by Gasteiger charge is 2.44.